The largest absolute Gasteiger partial charge is 0.478 e. The molecule has 0 aromatic heterocycles. The first-order chi connectivity index (χ1) is 9.93. The van der Waals surface area contributed by atoms with Crippen molar-refractivity contribution >= 4 is 17.8 Å². The lowest BCUT2D eigenvalue weighted by atomic mass is 9.95. The lowest BCUT2D eigenvalue weighted by Crippen LogP contribution is -2.42. The number of hydrogen-bond acceptors (Lipinski definition) is 3. The van der Waals surface area contributed by atoms with E-state index in [1.165, 1.54) is 0 Å². The minimum Gasteiger partial charge on any atom is -0.478 e. The van der Waals surface area contributed by atoms with Crippen LogP contribution in [0.3, 0.4) is 0 Å². The Hall–Kier alpha value is -2.63. The zero-order chi connectivity index (χ0) is 15.5. The van der Waals surface area contributed by atoms with Gasteiger partial charge in [0.15, 0.2) is 0 Å². The number of hydrazine groups is 1. The first-order valence-corrected chi connectivity index (χ1v) is 6.50. The molecule has 1 aliphatic carbocycles. The quantitative estimate of drug-likeness (QED) is 0.563. The van der Waals surface area contributed by atoms with Crippen LogP contribution in [0.5, 0.6) is 0 Å². The number of carboxylic acids is 1. The molecule has 1 aromatic carbocycles. The molecule has 1 saturated carbocycles. The summed E-state index contributed by atoms with van der Waals surface area (Å²) in [5.74, 6) is -2.40. The summed E-state index contributed by atoms with van der Waals surface area (Å²) in [7, 11) is 0. The normalized spacial score (nSPS) is 23.6. The number of nitrogens with one attached hydrogen (secondary N) is 2. The zero-order valence-corrected chi connectivity index (χ0v) is 11.5. The molecular formula is C15H16N2O4. The molecule has 6 heteroatoms. The number of carboxylic acid groups (broad SMARTS) is 1. The summed E-state index contributed by atoms with van der Waals surface area (Å²) in [5.41, 5.74) is 5.34. The lowest BCUT2D eigenvalue weighted by molar-refractivity contribution is -0.131. The molecule has 1 aromatic rings. The van der Waals surface area contributed by atoms with E-state index in [0.717, 1.165) is 11.6 Å². The number of carbonyl (C=O) groups is 3. The summed E-state index contributed by atoms with van der Waals surface area (Å²) in [4.78, 5) is 33.5. The number of hydrogen-bond donors (Lipinski definition) is 3. The van der Waals surface area contributed by atoms with Crippen molar-refractivity contribution < 1.29 is 19.5 Å². The lowest BCUT2D eigenvalue weighted by Gasteiger charge is -2.12. The fourth-order valence-electron chi connectivity index (χ4n) is 2.28. The summed E-state index contributed by atoms with van der Waals surface area (Å²) < 4.78 is 0. The molecule has 1 fully saturated rings. The number of carbonyl (C=O) groups excluding carboxylic acids is 2. The topological polar surface area (TPSA) is 95.5 Å². The molecule has 21 heavy (non-hydrogen) atoms. The van der Waals surface area contributed by atoms with Gasteiger partial charge in [0.05, 0.1) is 0 Å². The van der Waals surface area contributed by atoms with Crippen molar-refractivity contribution in [2.75, 3.05) is 0 Å². The predicted molar refractivity (Wildman–Crippen MR) is 75.0 cm³/mol. The van der Waals surface area contributed by atoms with Gasteiger partial charge in [-0.15, -0.1) is 0 Å². The second-order valence-electron chi connectivity index (χ2n) is 5.19. The third kappa shape index (κ3) is 3.47. The van der Waals surface area contributed by atoms with E-state index in [4.69, 9.17) is 5.11 Å². The smallest absolute Gasteiger partial charge is 0.328 e. The fraction of sp³-hybridized carbons (Fsp3) is 0.267. The highest BCUT2D eigenvalue weighted by atomic mass is 16.4. The summed E-state index contributed by atoms with van der Waals surface area (Å²) in [6.07, 6.45) is 2.25. The number of aliphatic carboxylic acids is 1. The number of benzene rings is 1. The minimum absolute atomic E-state index is 0.205. The average Bonchev–Trinajstić information content (AvgIpc) is 3.17. The SMILES string of the molecule is C[C@@]1(c2ccccc2)C[C@@H]1C(=O)NNC(=O)/C=C/C(=O)O. The second kappa shape index (κ2) is 5.78. The van der Waals surface area contributed by atoms with Gasteiger partial charge in [0, 0.05) is 23.5 Å². The molecule has 0 bridgehead atoms. The highest BCUT2D eigenvalue weighted by Crippen LogP contribution is 2.53. The highest BCUT2D eigenvalue weighted by molar-refractivity contribution is 5.95. The molecule has 0 heterocycles. The van der Waals surface area contributed by atoms with Gasteiger partial charge in [0.1, 0.15) is 0 Å². The van der Waals surface area contributed by atoms with E-state index in [-0.39, 0.29) is 17.2 Å². The Bertz CT molecular complexity index is 597. The van der Waals surface area contributed by atoms with Crippen LogP contribution in [0.1, 0.15) is 18.9 Å². The maximum atomic E-state index is 12.0. The Morgan fingerprint density at radius 3 is 2.48 bits per heavy atom. The van der Waals surface area contributed by atoms with Gasteiger partial charge in [-0.1, -0.05) is 37.3 Å². The molecular weight excluding hydrogens is 272 g/mol. The predicted octanol–water partition coefficient (Wildman–Crippen LogP) is 0.752. The minimum atomic E-state index is -1.23. The molecule has 2 atom stereocenters. The summed E-state index contributed by atoms with van der Waals surface area (Å²) >= 11 is 0. The molecule has 2 amide bonds. The van der Waals surface area contributed by atoms with Crippen LogP contribution in [0.15, 0.2) is 42.5 Å². The molecule has 1 aliphatic rings. The third-order valence-corrected chi connectivity index (χ3v) is 3.67. The van der Waals surface area contributed by atoms with E-state index in [2.05, 4.69) is 10.9 Å². The summed E-state index contributed by atoms with van der Waals surface area (Å²) in [6.45, 7) is 2.00. The maximum Gasteiger partial charge on any atom is 0.328 e. The van der Waals surface area contributed by atoms with Crippen molar-refractivity contribution in [2.45, 2.75) is 18.8 Å². The summed E-state index contributed by atoms with van der Waals surface area (Å²) in [6, 6.07) is 9.71. The van der Waals surface area contributed by atoms with E-state index in [1.54, 1.807) is 0 Å². The molecule has 0 saturated heterocycles. The molecule has 3 N–H and O–H groups in total. The summed E-state index contributed by atoms with van der Waals surface area (Å²) in [5, 5.41) is 8.38. The van der Waals surface area contributed by atoms with Crippen molar-refractivity contribution in [3.63, 3.8) is 0 Å². The van der Waals surface area contributed by atoms with Gasteiger partial charge in [-0.05, 0) is 12.0 Å². The average molecular weight is 288 g/mol. The Morgan fingerprint density at radius 2 is 1.86 bits per heavy atom. The number of amides is 2. The third-order valence-electron chi connectivity index (χ3n) is 3.67. The van der Waals surface area contributed by atoms with Gasteiger partial charge < -0.3 is 5.11 Å². The van der Waals surface area contributed by atoms with E-state index in [9.17, 15) is 14.4 Å². The van der Waals surface area contributed by atoms with Crippen LogP contribution >= 0.6 is 0 Å². The molecule has 0 spiro atoms. The van der Waals surface area contributed by atoms with Crippen molar-refractivity contribution in [2.24, 2.45) is 5.92 Å². The Balaban J connectivity index is 1.86. The van der Waals surface area contributed by atoms with Crippen molar-refractivity contribution in [3.8, 4) is 0 Å². The first kappa shape index (κ1) is 14.8. The van der Waals surface area contributed by atoms with E-state index >= 15 is 0 Å². The number of rotatable bonds is 4. The molecule has 2 rings (SSSR count). The maximum absolute atomic E-state index is 12.0. The van der Waals surface area contributed by atoms with Crippen LogP contribution in [0.4, 0.5) is 0 Å². The van der Waals surface area contributed by atoms with Gasteiger partial charge in [0.2, 0.25) is 5.91 Å². The first-order valence-electron chi connectivity index (χ1n) is 6.50. The van der Waals surface area contributed by atoms with Crippen LogP contribution in [0.25, 0.3) is 0 Å². The molecule has 0 unspecified atom stereocenters. The zero-order valence-electron chi connectivity index (χ0n) is 11.5. The van der Waals surface area contributed by atoms with E-state index in [1.807, 2.05) is 37.3 Å². The Kier molecular flexibility index (Phi) is 4.07. The van der Waals surface area contributed by atoms with Crippen molar-refractivity contribution in [1.29, 1.82) is 0 Å². The molecule has 6 nitrogen and oxygen atoms in total. The van der Waals surface area contributed by atoms with Crippen LogP contribution < -0.4 is 10.9 Å². The van der Waals surface area contributed by atoms with Crippen LogP contribution in [0, 0.1) is 5.92 Å². The molecule has 110 valence electrons. The molecule has 0 radical (unpaired) electrons. The van der Waals surface area contributed by atoms with Gasteiger partial charge >= 0.3 is 5.97 Å². The van der Waals surface area contributed by atoms with Crippen LogP contribution in [-0.2, 0) is 19.8 Å². The van der Waals surface area contributed by atoms with Crippen molar-refractivity contribution in [3.05, 3.63) is 48.0 Å². The van der Waals surface area contributed by atoms with Crippen molar-refractivity contribution in [1.82, 2.24) is 10.9 Å². The van der Waals surface area contributed by atoms with Gasteiger partial charge in [-0.25, -0.2) is 4.79 Å². The van der Waals surface area contributed by atoms with Gasteiger partial charge in [-0.2, -0.15) is 0 Å². The standard InChI is InChI=1S/C15H16N2O4/c1-15(10-5-3-2-4-6-10)9-11(15)14(21)17-16-12(18)7-8-13(19)20/h2-8,11H,9H2,1H3,(H,16,18)(H,17,21)(H,19,20)/b8-7+/t11-,15+/m1/s1. The monoisotopic (exact) mass is 288 g/mol. The molecule has 0 aliphatic heterocycles. The fourth-order valence-corrected chi connectivity index (χ4v) is 2.28. The van der Waals surface area contributed by atoms with E-state index in [0.29, 0.717) is 12.5 Å². The Labute approximate surface area is 121 Å². The van der Waals surface area contributed by atoms with E-state index < -0.39 is 11.9 Å². The Morgan fingerprint density at radius 1 is 1.19 bits per heavy atom. The van der Waals surface area contributed by atoms with Gasteiger partial charge in [0.25, 0.3) is 5.91 Å². The second-order valence-corrected chi connectivity index (χ2v) is 5.19. The van der Waals surface area contributed by atoms with Crippen LogP contribution in [0.2, 0.25) is 0 Å². The highest BCUT2D eigenvalue weighted by Gasteiger charge is 2.55. The van der Waals surface area contributed by atoms with Gasteiger partial charge in [-0.3, -0.25) is 20.4 Å². The van der Waals surface area contributed by atoms with Crippen LogP contribution in [-0.4, -0.2) is 22.9 Å².